The molecule has 0 aliphatic carbocycles. The minimum Gasteiger partial charge on any atom is -0.368 e. The van der Waals surface area contributed by atoms with Crippen molar-refractivity contribution < 1.29 is 13.2 Å². The highest BCUT2D eigenvalue weighted by molar-refractivity contribution is 5.51. The van der Waals surface area contributed by atoms with Crippen LogP contribution in [0.5, 0.6) is 0 Å². The van der Waals surface area contributed by atoms with Gasteiger partial charge in [0, 0.05) is 43.1 Å². The van der Waals surface area contributed by atoms with Crippen molar-refractivity contribution in [1.29, 1.82) is 0 Å². The lowest BCUT2D eigenvalue weighted by Gasteiger charge is -2.36. The number of aromatic nitrogens is 2. The lowest BCUT2D eigenvalue weighted by atomic mass is 10.1. The number of unbranched alkanes of at least 4 members (excludes halogenated alkanes) is 1. The summed E-state index contributed by atoms with van der Waals surface area (Å²) in [7, 11) is 0. The van der Waals surface area contributed by atoms with E-state index in [-0.39, 0.29) is 5.56 Å². The molecule has 0 unspecified atom stereocenters. The molecule has 28 heavy (non-hydrogen) atoms. The molecular formula is C20H25F3N4O. The van der Waals surface area contributed by atoms with Gasteiger partial charge in [0.15, 0.2) is 0 Å². The Morgan fingerprint density at radius 2 is 1.82 bits per heavy atom. The van der Waals surface area contributed by atoms with Gasteiger partial charge in [-0.1, -0.05) is 19.4 Å². The van der Waals surface area contributed by atoms with Crippen LogP contribution >= 0.6 is 0 Å². The average molecular weight is 394 g/mol. The number of nitrogens with one attached hydrogen (secondary N) is 1. The first kappa shape index (κ1) is 20.2. The van der Waals surface area contributed by atoms with Gasteiger partial charge < -0.3 is 9.80 Å². The Hall–Kier alpha value is -2.51. The van der Waals surface area contributed by atoms with Crippen molar-refractivity contribution in [2.24, 2.45) is 0 Å². The van der Waals surface area contributed by atoms with Crippen molar-refractivity contribution in [2.75, 3.05) is 36.0 Å². The second kappa shape index (κ2) is 8.24. The van der Waals surface area contributed by atoms with Gasteiger partial charge in [0.05, 0.1) is 5.56 Å². The van der Waals surface area contributed by atoms with Crippen molar-refractivity contribution in [3.63, 3.8) is 0 Å². The Morgan fingerprint density at radius 1 is 1.14 bits per heavy atom. The predicted molar refractivity (Wildman–Crippen MR) is 104 cm³/mol. The molecule has 0 atom stereocenters. The van der Waals surface area contributed by atoms with Crippen LogP contribution < -0.4 is 15.4 Å². The standard InChI is InChI=1S/C20H25F3N4O/c1-3-4-8-17-14(2)24-19(25-18(17)28)27-11-9-26(10-12-27)16-7-5-6-15(13-16)20(21,22)23/h5-7,13H,3-4,8-12H2,1-2H3,(H,24,25,28). The molecule has 1 aliphatic rings. The van der Waals surface area contributed by atoms with Crippen molar-refractivity contribution in [3.05, 3.63) is 51.4 Å². The molecule has 1 saturated heterocycles. The Bertz CT molecular complexity index is 870. The first-order valence-electron chi connectivity index (χ1n) is 9.56. The molecule has 0 amide bonds. The Morgan fingerprint density at radius 3 is 2.43 bits per heavy atom. The zero-order chi connectivity index (χ0) is 20.3. The maximum absolute atomic E-state index is 12.9. The van der Waals surface area contributed by atoms with Gasteiger partial charge in [-0.2, -0.15) is 13.2 Å². The van der Waals surface area contributed by atoms with Gasteiger partial charge in [-0.3, -0.25) is 9.78 Å². The predicted octanol–water partition coefficient (Wildman–Crippen LogP) is 3.77. The third-order valence-electron chi connectivity index (χ3n) is 5.11. The highest BCUT2D eigenvalue weighted by Gasteiger charge is 2.31. The van der Waals surface area contributed by atoms with Crippen LogP contribution in [0.1, 0.15) is 36.6 Å². The minimum atomic E-state index is -4.35. The van der Waals surface area contributed by atoms with Gasteiger partial charge in [-0.25, -0.2) is 4.98 Å². The van der Waals surface area contributed by atoms with Crippen LogP contribution in [-0.2, 0) is 12.6 Å². The van der Waals surface area contributed by atoms with Crippen molar-refractivity contribution in [3.8, 4) is 0 Å². The number of aryl methyl sites for hydroxylation is 1. The number of halogens is 3. The number of benzene rings is 1. The minimum absolute atomic E-state index is 0.101. The van der Waals surface area contributed by atoms with Gasteiger partial charge in [-0.05, 0) is 38.0 Å². The number of piperazine rings is 1. The van der Waals surface area contributed by atoms with Gasteiger partial charge in [-0.15, -0.1) is 0 Å². The maximum Gasteiger partial charge on any atom is 0.416 e. The Labute approximate surface area is 162 Å². The van der Waals surface area contributed by atoms with Crippen molar-refractivity contribution >= 4 is 11.6 Å². The summed E-state index contributed by atoms with van der Waals surface area (Å²) in [4.78, 5) is 23.7. The summed E-state index contributed by atoms with van der Waals surface area (Å²) in [6.45, 7) is 6.20. The van der Waals surface area contributed by atoms with E-state index in [1.807, 2.05) is 16.7 Å². The molecule has 1 aliphatic heterocycles. The van der Waals surface area contributed by atoms with E-state index in [0.29, 0.717) is 44.2 Å². The van der Waals surface area contributed by atoms with Gasteiger partial charge >= 0.3 is 6.18 Å². The highest BCUT2D eigenvalue weighted by Crippen LogP contribution is 2.32. The molecule has 1 fully saturated rings. The van der Waals surface area contributed by atoms with Crippen LogP contribution in [0.25, 0.3) is 0 Å². The second-order valence-electron chi connectivity index (χ2n) is 7.08. The van der Waals surface area contributed by atoms with E-state index in [9.17, 15) is 18.0 Å². The van der Waals surface area contributed by atoms with Gasteiger partial charge in [0.25, 0.3) is 5.56 Å². The lowest BCUT2D eigenvalue weighted by molar-refractivity contribution is -0.137. The molecule has 2 heterocycles. The smallest absolute Gasteiger partial charge is 0.368 e. The van der Waals surface area contributed by atoms with Crippen molar-refractivity contribution in [2.45, 2.75) is 39.3 Å². The Kier molecular flexibility index (Phi) is 5.96. The molecule has 3 rings (SSSR count). The number of alkyl halides is 3. The van der Waals surface area contributed by atoms with E-state index in [4.69, 9.17) is 0 Å². The fourth-order valence-corrected chi connectivity index (χ4v) is 3.45. The zero-order valence-corrected chi connectivity index (χ0v) is 16.1. The van der Waals surface area contributed by atoms with E-state index in [2.05, 4.69) is 16.9 Å². The molecule has 0 saturated carbocycles. The average Bonchev–Trinajstić information content (AvgIpc) is 2.67. The molecule has 1 N–H and O–H groups in total. The topological polar surface area (TPSA) is 52.2 Å². The van der Waals surface area contributed by atoms with E-state index in [0.717, 1.165) is 30.2 Å². The van der Waals surface area contributed by atoms with Crippen molar-refractivity contribution in [1.82, 2.24) is 9.97 Å². The third-order valence-corrected chi connectivity index (χ3v) is 5.11. The first-order valence-corrected chi connectivity index (χ1v) is 9.56. The third kappa shape index (κ3) is 4.48. The second-order valence-corrected chi connectivity index (χ2v) is 7.08. The van der Waals surface area contributed by atoms with E-state index in [1.165, 1.54) is 12.1 Å². The number of nitrogens with zero attached hydrogens (tertiary/aromatic N) is 3. The normalized spacial score (nSPS) is 15.2. The molecule has 0 radical (unpaired) electrons. The fraction of sp³-hybridized carbons (Fsp3) is 0.500. The highest BCUT2D eigenvalue weighted by atomic mass is 19.4. The maximum atomic E-state index is 12.9. The monoisotopic (exact) mass is 394 g/mol. The van der Waals surface area contributed by atoms with Crippen LogP contribution in [0, 0.1) is 6.92 Å². The first-order chi connectivity index (χ1) is 13.3. The fourth-order valence-electron chi connectivity index (χ4n) is 3.45. The molecule has 5 nitrogen and oxygen atoms in total. The summed E-state index contributed by atoms with van der Waals surface area (Å²) in [5.41, 5.74) is 1.29. The molecule has 1 aromatic carbocycles. The number of anilines is 2. The van der Waals surface area contributed by atoms with Crippen LogP contribution in [-0.4, -0.2) is 36.1 Å². The summed E-state index contributed by atoms with van der Waals surface area (Å²) in [5, 5.41) is 0. The quantitative estimate of drug-likeness (QED) is 0.839. The summed E-state index contributed by atoms with van der Waals surface area (Å²) in [6.07, 6.45) is -1.68. The summed E-state index contributed by atoms with van der Waals surface area (Å²) in [6, 6.07) is 5.39. The molecule has 152 valence electrons. The number of rotatable bonds is 5. The SMILES string of the molecule is CCCCc1c(C)nc(N2CCN(c3cccc(C(F)(F)F)c3)CC2)[nH]c1=O. The van der Waals surface area contributed by atoms with Gasteiger partial charge in [0.2, 0.25) is 5.95 Å². The summed E-state index contributed by atoms with van der Waals surface area (Å²) >= 11 is 0. The number of H-pyrrole nitrogens is 1. The molecule has 8 heteroatoms. The summed E-state index contributed by atoms with van der Waals surface area (Å²) in [5.74, 6) is 0.534. The molecule has 2 aromatic rings. The molecule has 1 aromatic heterocycles. The van der Waals surface area contributed by atoms with E-state index < -0.39 is 11.7 Å². The summed E-state index contributed by atoms with van der Waals surface area (Å²) < 4.78 is 38.8. The number of hydrogen-bond donors (Lipinski definition) is 1. The lowest BCUT2D eigenvalue weighted by Crippen LogP contribution is -2.47. The zero-order valence-electron chi connectivity index (χ0n) is 16.1. The molecular weight excluding hydrogens is 369 g/mol. The van der Waals surface area contributed by atoms with E-state index in [1.54, 1.807) is 6.07 Å². The molecule has 0 spiro atoms. The van der Waals surface area contributed by atoms with Crippen LogP contribution in [0.2, 0.25) is 0 Å². The van der Waals surface area contributed by atoms with E-state index >= 15 is 0 Å². The Balaban J connectivity index is 1.70. The largest absolute Gasteiger partial charge is 0.416 e. The number of aromatic amines is 1. The van der Waals surface area contributed by atoms with Crippen LogP contribution in [0.4, 0.5) is 24.8 Å². The number of hydrogen-bond acceptors (Lipinski definition) is 4. The van der Waals surface area contributed by atoms with Gasteiger partial charge in [0.1, 0.15) is 0 Å². The van der Waals surface area contributed by atoms with Crippen LogP contribution in [0.15, 0.2) is 29.1 Å². The molecule has 0 bridgehead atoms. The van der Waals surface area contributed by atoms with Crippen LogP contribution in [0.3, 0.4) is 0 Å².